The van der Waals surface area contributed by atoms with E-state index in [1.54, 1.807) is 6.20 Å². The third-order valence-corrected chi connectivity index (χ3v) is 2.87. The summed E-state index contributed by atoms with van der Waals surface area (Å²) >= 11 is 0. The van der Waals surface area contributed by atoms with E-state index in [0.717, 1.165) is 31.6 Å². The first kappa shape index (κ1) is 10.9. The Morgan fingerprint density at radius 1 is 1.44 bits per heavy atom. The van der Waals surface area contributed by atoms with Crippen LogP contribution in [0.3, 0.4) is 0 Å². The van der Waals surface area contributed by atoms with Gasteiger partial charge in [0, 0.05) is 6.20 Å². The van der Waals surface area contributed by atoms with E-state index in [9.17, 15) is 0 Å². The summed E-state index contributed by atoms with van der Waals surface area (Å²) in [6.07, 6.45) is 4.03. The van der Waals surface area contributed by atoms with Gasteiger partial charge in [-0.05, 0) is 38.1 Å². The SMILES string of the molecule is NC(=NO)[C@H](c1ccccn1)N1CCCC1. The standard InChI is InChI=1S/C11H16N4O/c12-11(14-16)10(15-7-3-4-8-15)9-5-1-2-6-13-9/h1-2,5-6,10,16H,3-4,7-8H2,(H2,12,14)/t10-/m0/s1. The lowest BCUT2D eigenvalue weighted by Gasteiger charge is -2.25. The van der Waals surface area contributed by atoms with Gasteiger partial charge in [0.15, 0.2) is 5.84 Å². The van der Waals surface area contributed by atoms with Crippen LogP contribution < -0.4 is 5.73 Å². The molecule has 1 saturated heterocycles. The van der Waals surface area contributed by atoms with Gasteiger partial charge in [0.2, 0.25) is 0 Å². The number of nitrogens with two attached hydrogens (primary N) is 1. The topological polar surface area (TPSA) is 74.7 Å². The maximum absolute atomic E-state index is 8.84. The summed E-state index contributed by atoms with van der Waals surface area (Å²) in [7, 11) is 0. The molecule has 5 heteroatoms. The van der Waals surface area contributed by atoms with E-state index in [4.69, 9.17) is 10.9 Å². The maximum Gasteiger partial charge on any atom is 0.162 e. The van der Waals surface area contributed by atoms with E-state index in [0.29, 0.717) is 0 Å². The molecule has 0 amide bonds. The van der Waals surface area contributed by atoms with Gasteiger partial charge in [-0.25, -0.2) is 0 Å². The van der Waals surface area contributed by atoms with Crippen molar-refractivity contribution in [3.8, 4) is 0 Å². The Morgan fingerprint density at radius 2 is 2.19 bits per heavy atom. The fourth-order valence-electron chi connectivity index (χ4n) is 2.12. The van der Waals surface area contributed by atoms with Gasteiger partial charge < -0.3 is 10.9 Å². The summed E-state index contributed by atoms with van der Waals surface area (Å²) in [6, 6.07) is 5.47. The number of hydrogen-bond acceptors (Lipinski definition) is 4. The lowest BCUT2D eigenvalue weighted by atomic mass is 10.1. The van der Waals surface area contributed by atoms with Crippen molar-refractivity contribution in [2.75, 3.05) is 13.1 Å². The summed E-state index contributed by atoms with van der Waals surface area (Å²) in [5.41, 5.74) is 6.58. The molecule has 1 atom stereocenters. The van der Waals surface area contributed by atoms with Crippen molar-refractivity contribution in [2.45, 2.75) is 18.9 Å². The van der Waals surface area contributed by atoms with E-state index in [2.05, 4.69) is 15.0 Å². The smallest absolute Gasteiger partial charge is 0.162 e. The number of likely N-dealkylation sites (tertiary alicyclic amines) is 1. The minimum atomic E-state index is -0.200. The first-order chi connectivity index (χ1) is 7.83. The Kier molecular flexibility index (Phi) is 3.36. The lowest BCUT2D eigenvalue weighted by molar-refractivity contribution is 0.275. The molecule has 2 rings (SSSR count). The predicted octanol–water partition coefficient (Wildman–Crippen LogP) is 0.965. The van der Waals surface area contributed by atoms with Crippen molar-refractivity contribution in [3.05, 3.63) is 30.1 Å². The molecular weight excluding hydrogens is 204 g/mol. The average Bonchev–Trinajstić information content (AvgIpc) is 2.84. The monoisotopic (exact) mass is 220 g/mol. The zero-order valence-corrected chi connectivity index (χ0v) is 9.08. The van der Waals surface area contributed by atoms with E-state index >= 15 is 0 Å². The number of oxime groups is 1. The van der Waals surface area contributed by atoms with Crippen LogP contribution in [0, 0.1) is 0 Å². The second kappa shape index (κ2) is 4.94. The molecule has 0 bridgehead atoms. The first-order valence-corrected chi connectivity index (χ1v) is 5.45. The Bertz CT molecular complexity index is 360. The Morgan fingerprint density at radius 3 is 2.75 bits per heavy atom. The molecule has 0 aromatic carbocycles. The summed E-state index contributed by atoms with van der Waals surface area (Å²) in [4.78, 5) is 6.47. The summed E-state index contributed by atoms with van der Waals surface area (Å²) in [5, 5.41) is 12.0. The molecule has 0 aliphatic carbocycles. The number of aromatic nitrogens is 1. The molecular formula is C11H16N4O. The third-order valence-electron chi connectivity index (χ3n) is 2.87. The third kappa shape index (κ3) is 2.14. The zero-order valence-electron chi connectivity index (χ0n) is 9.08. The van der Waals surface area contributed by atoms with Crippen LogP contribution in [0.5, 0.6) is 0 Å². The van der Waals surface area contributed by atoms with Crippen LogP contribution in [0.25, 0.3) is 0 Å². The molecule has 0 saturated carbocycles. The molecule has 2 heterocycles. The van der Waals surface area contributed by atoms with Crippen LogP contribution in [0.4, 0.5) is 0 Å². The lowest BCUT2D eigenvalue weighted by Crippen LogP contribution is -2.36. The van der Waals surface area contributed by atoms with Crippen LogP contribution in [-0.4, -0.2) is 34.0 Å². The van der Waals surface area contributed by atoms with Gasteiger partial charge in [0.05, 0.1) is 5.69 Å². The van der Waals surface area contributed by atoms with Crippen LogP contribution in [0.2, 0.25) is 0 Å². The molecule has 86 valence electrons. The van der Waals surface area contributed by atoms with Gasteiger partial charge in [0.25, 0.3) is 0 Å². The van der Waals surface area contributed by atoms with Gasteiger partial charge in [-0.1, -0.05) is 11.2 Å². The van der Waals surface area contributed by atoms with Crippen LogP contribution in [0.1, 0.15) is 24.6 Å². The highest BCUT2D eigenvalue weighted by Crippen LogP contribution is 2.23. The Hall–Kier alpha value is -1.62. The molecule has 1 aromatic rings. The average molecular weight is 220 g/mol. The van der Waals surface area contributed by atoms with Gasteiger partial charge >= 0.3 is 0 Å². The van der Waals surface area contributed by atoms with Gasteiger partial charge in [-0.2, -0.15) is 0 Å². The highest BCUT2D eigenvalue weighted by molar-refractivity contribution is 5.86. The van der Waals surface area contributed by atoms with Gasteiger partial charge in [-0.15, -0.1) is 0 Å². The van der Waals surface area contributed by atoms with Crippen molar-refractivity contribution < 1.29 is 5.21 Å². The molecule has 0 radical (unpaired) electrons. The molecule has 0 unspecified atom stereocenters. The molecule has 1 aliphatic heterocycles. The minimum Gasteiger partial charge on any atom is -0.409 e. The largest absolute Gasteiger partial charge is 0.409 e. The molecule has 1 aliphatic rings. The predicted molar refractivity (Wildman–Crippen MR) is 61.2 cm³/mol. The molecule has 3 N–H and O–H groups in total. The van der Waals surface area contributed by atoms with Crippen LogP contribution >= 0.6 is 0 Å². The Labute approximate surface area is 94.6 Å². The van der Waals surface area contributed by atoms with E-state index in [1.807, 2.05) is 18.2 Å². The fraction of sp³-hybridized carbons (Fsp3) is 0.455. The van der Waals surface area contributed by atoms with Crippen LogP contribution in [-0.2, 0) is 0 Å². The molecule has 16 heavy (non-hydrogen) atoms. The first-order valence-electron chi connectivity index (χ1n) is 5.45. The summed E-state index contributed by atoms with van der Waals surface area (Å²) in [6.45, 7) is 1.94. The number of rotatable bonds is 3. The van der Waals surface area contributed by atoms with E-state index < -0.39 is 0 Å². The quantitative estimate of drug-likeness (QED) is 0.344. The molecule has 1 aromatic heterocycles. The van der Waals surface area contributed by atoms with Crippen molar-refractivity contribution in [1.82, 2.24) is 9.88 Å². The summed E-state index contributed by atoms with van der Waals surface area (Å²) in [5.74, 6) is 0.209. The number of pyridine rings is 1. The summed E-state index contributed by atoms with van der Waals surface area (Å²) < 4.78 is 0. The second-order valence-corrected chi connectivity index (χ2v) is 3.93. The van der Waals surface area contributed by atoms with Gasteiger partial charge in [0.1, 0.15) is 6.04 Å². The minimum absolute atomic E-state index is 0.200. The maximum atomic E-state index is 8.84. The normalized spacial score (nSPS) is 19.9. The zero-order chi connectivity index (χ0) is 11.4. The second-order valence-electron chi connectivity index (χ2n) is 3.93. The van der Waals surface area contributed by atoms with Crippen molar-refractivity contribution in [1.29, 1.82) is 0 Å². The highest BCUT2D eigenvalue weighted by atomic mass is 16.4. The number of hydrogen-bond donors (Lipinski definition) is 2. The molecule has 5 nitrogen and oxygen atoms in total. The van der Waals surface area contributed by atoms with Crippen molar-refractivity contribution in [2.24, 2.45) is 10.9 Å². The number of amidine groups is 1. The number of nitrogens with zero attached hydrogens (tertiary/aromatic N) is 3. The van der Waals surface area contributed by atoms with E-state index in [-0.39, 0.29) is 11.9 Å². The molecule has 1 fully saturated rings. The Balaban J connectivity index is 2.27. The van der Waals surface area contributed by atoms with Crippen molar-refractivity contribution >= 4 is 5.84 Å². The molecule has 0 spiro atoms. The van der Waals surface area contributed by atoms with Gasteiger partial charge in [-0.3, -0.25) is 9.88 Å². The van der Waals surface area contributed by atoms with Crippen molar-refractivity contribution in [3.63, 3.8) is 0 Å². The fourth-order valence-corrected chi connectivity index (χ4v) is 2.12. The highest BCUT2D eigenvalue weighted by Gasteiger charge is 2.27. The van der Waals surface area contributed by atoms with E-state index in [1.165, 1.54) is 0 Å². The van der Waals surface area contributed by atoms with Crippen LogP contribution in [0.15, 0.2) is 29.6 Å².